The van der Waals surface area contributed by atoms with E-state index in [9.17, 15) is 22.8 Å². The van der Waals surface area contributed by atoms with Crippen LogP contribution in [0.1, 0.15) is 41.3 Å². The lowest BCUT2D eigenvalue weighted by atomic mass is 10.1. The molecule has 1 aliphatic carbocycles. The zero-order valence-corrected chi connectivity index (χ0v) is 15.3. The van der Waals surface area contributed by atoms with Crippen LogP contribution in [0.2, 0.25) is 0 Å². The van der Waals surface area contributed by atoms with Crippen molar-refractivity contribution in [2.75, 3.05) is 6.61 Å². The first-order valence-electron chi connectivity index (χ1n) is 8.93. The quantitative estimate of drug-likeness (QED) is 0.654. The molecule has 1 saturated carbocycles. The van der Waals surface area contributed by atoms with Crippen LogP contribution >= 0.6 is 0 Å². The third-order valence-corrected chi connectivity index (χ3v) is 4.55. The van der Waals surface area contributed by atoms with Gasteiger partial charge in [-0.1, -0.05) is 24.3 Å². The van der Waals surface area contributed by atoms with Crippen molar-refractivity contribution in [2.24, 2.45) is 0 Å². The molecule has 7 heteroatoms. The maximum atomic E-state index is 12.7. The van der Waals surface area contributed by atoms with Gasteiger partial charge in [0, 0.05) is 18.2 Å². The lowest BCUT2D eigenvalue weighted by Crippen LogP contribution is -2.36. The van der Waals surface area contributed by atoms with E-state index in [2.05, 4.69) is 0 Å². The number of hydrogen-bond acceptors (Lipinski definition) is 3. The molecule has 1 fully saturated rings. The normalized spacial score (nSPS) is 13.9. The third kappa shape index (κ3) is 5.12. The molecule has 2 aromatic rings. The van der Waals surface area contributed by atoms with Gasteiger partial charge in [-0.2, -0.15) is 13.2 Å². The number of hydrogen-bond donors (Lipinski definition) is 0. The number of alkyl halides is 3. The van der Waals surface area contributed by atoms with Crippen LogP contribution in [0, 0.1) is 0 Å². The minimum atomic E-state index is -4.38. The average molecular weight is 391 g/mol. The van der Waals surface area contributed by atoms with Crippen molar-refractivity contribution in [3.8, 4) is 5.75 Å². The Hall–Kier alpha value is -2.83. The number of carbonyl (C=O) groups excluding carboxylic acids is 2. The molecule has 0 saturated heterocycles. The molecule has 0 aromatic heterocycles. The van der Waals surface area contributed by atoms with E-state index < -0.39 is 11.7 Å². The molecule has 1 aliphatic rings. The van der Waals surface area contributed by atoms with E-state index in [4.69, 9.17) is 4.74 Å². The number of carbonyl (C=O) groups is 2. The number of ether oxygens (including phenoxy) is 1. The van der Waals surface area contributed by atoms with Gasteiger partial charge in [0.2, 0.25) is 0 Å². The molecular formula is C21H20F3NO3. The maximum Gasteiger partial charge on any atom is 0.416 e. The highest BCUT2D eigenvalue weighted by molar-refractivity contribution is 5.94. The number of ketones is 1. The highest BCUT2D eigenvalue weighted by atomic mass is 19.4. The van der Waals surface area contributed by atoms with E-state index >= 15 is 0 Å². The van der Waals surface area contributed by atoms with Gasteiger partial charge in [0.1, 0.15) is 5.75 Å². The Bertz CT molecular complexity index is 858. The van der Waals surface area contributed by atoms with Gasteiger partial charge < -0.3 is 9.64 Å². The highest BCUT2D eigenvalue weighted by Crippen LogP contribution is 2.31. The topological polar surface area (TPSA) is 46.6 Å². The minimum Gasteiger partial charge on any atom is -0.484 e. The summed E-state index contributed by atoms with van der Waals surface area (Å²) in [4.78, 5) is 25.7. The molecule has 0 bridgehead atoms. The lowest BCUT2D eigenvalue weighted by molar-refractivity contribution is -0.138. The molecule has 28 heavy (non-hydrogen) atoms. The monoisotopic (exact) mass is 391 g/mol. The Morgan fingerprint density at radius 1 is 1.11 bits per heavy atom. The smallest absolute Gasteiger partial charge is 0.416 e. The molecular weight excluding hydrogens is 371 g/mol. The average Bonchev–Trinajstić information content (AvgIpc) is 3.49. The second-order valence-corrected chi connectivity index (χ2v) is 6.82. The fraction of sp³-hybridized carbons (Fsp3) is 0.333. The second kappa shape index (κ2) is 8.04. The summed E-state index contributed by atoms with van der Waals surface area (Å²) in [6.45, 7) is 1.49. The van der Waals surface area contributed by atoms with Gasteiger partial charge in [-0.3, -0.25) is 9.59 Å². The number of Topliss-reactive ketones (excluding diaryl/α,β-unsaturated/α-hetero) is 1. The second-order valence-electron chi connectivity index (χ2n) is 6.82. The molecule has 0 unspecified atom stereocenters. The SMILES string of the molecule is CC(=O)c1cccc(OCC(=O)N(Cc2ccc(C(F)(F)F)cc2)C2CC2)c1. The summed E-state index contributed by atoms with van der Waals surface area (Å²) in [5.74, 6) is 0.0839. The molecule has 0 radical (unpaired) electrons. The standard InChI is InChI=1S/C21H20F3NO3/c1-14(26)16-3-2-4-19(11-16)28-13-20(27)25(18-9-10-18)12-15-5-7-17(8-6-15)21(22,23)24/h2-8,11,18H,9-10,12-13H2,1H3. The first-order chi connectivity index (χ1) is 13.2. The van der Waals surface area contributed by atoms with E-state index in [1.165, 1.54) is 19.1 Å². The van der Waals surface area contributed by atoms with Gasteiger partial charge in [0.15, 0.2) is 12.4 Å². The van der Waals surface area contributed by atoms with Crippen molar-refractivity contribution in [3.05, 3.63) is 65.2 Å². The van der Waals surface area contributed by atoms with Gasteiger partial charge in [-0.25, -0.2) is 0 Å². The van der Waals surface area contributed by atoms with Crippen LogP contribution in [0.4, 0.5) is 13.2 Å². The Kier molecular flexibility index (Phi) is 5.72. The van der Waals surface area contributed by atoms with Gasteiger partial charge in [-0.05, 0) is 49.6 Å². The summed E-state index contributed by atoms with van der Waals surface area (Å²) < 4.78 is 43.6. The van der Waals surface area contributed by atoms with Crippen LogP contribution in [0.15, 0.2) is 48.5 Å². The predicted octanol–water partition coefficient (Wildman–Crippen LogP) is 4.48. The van der Waals surface area contributed by atoms with E-state index in [0.717, 1.165) is 25.0 Å². The van der Waals surface area contributed by atoms with Gasteiger partial charge in [0.05, 0.1) is 5.56 Å². The molecule has 0 aliphatic heterocycles. The summed E-state index contributed by atoms with van der Waals surface area (Å²) in [6.07, 6.45) is -2.65. The molecule has 0 heterocycles. The fourth-order valence-electron chi connectivity index (χ4n) is 2.84. The number of halogens is 3. The zero-order chi connectivity index (χ0) is 20.3. The number of nitrogens with zero attached hydrogens (tertiary/aromatic N) is 1. The molecule has 2 aromatic carbocycles. The fourth-order valence-corrected chi connectivity index (χ4v) is 2.84. The van der Waals surface area contributed by atoms with Crippen LogP contribution in [-0.2, 0) is 17.5 Å². The molecule has 0 spiro atoms. The van der Waals surface area contributed by atoms with Gasteiger partial charge >= 0.3 is 6.18 Å². The lowest BCUT2D eigenvalue weighted by Gasteiger charge is -2.23. The first kappa shape index (κ1) is 19.9. The molecule has 3 rings (SSSR count). The van der Waals surface area contributed by atoms with E-state index in [1.54, 1.807) is 29.2 Å². The van der Waals surface area contributed by atoms with Crippen LogP contribution < -0.4 is 4.74 Å². The number of rotatable bonds is 7. The van der Waals surface area contributed by atoms with Crippen molar-refractivity contribution < 1.29 is 27.5 Å². The Morgan fingerprint density at radius 3 is 2.36 bits per heavy atom. The van der Waals surface area contributed by atoms with Crippen LogP contribution in [0.25, 0.3) is 0 Å². The van der Waals surface area contributed by atoms with Crippen LogP contribution in [-0.4, -0.2) is 29.2 Å². The van der Waals surface area contributed by atoms with Crippen molar-refractivity contribution in [3.63, 3.8) is 0 Å². The Morgan fingerprint density at radius 2 is 1.79 bits per heavy atom. The van der Waals surface area contributed by atoms with Crippen molar-refractivity contribution in [1.29, 1.82) is 0 Å². The third-order valence-electron chi connectivity index (χ3n) is 4.55. The Labute approximate surface area is 160 Å². The van der Waals surface area contributed by atoms with E-state index in [0.29, 0.717) is 16.9 Å². The predicted molar refractivity (Wildman–Crippen MR) is 97.0 cm³/mol. The van der Waals surface area contributed by atoms with Gasteiger partial charge in [0.25, 0.3) is 5.91 Å². The van der Waals surface area contributed by atoms with Crippen molar-refractivity contribution in [1.82, 2.24) is 4.90 Å². The summed E-state index contributed by atoms with van der Waals surface area (Å²) in [6, 6.07) is 11.5. The summed E-state index contributed by atoms with van der Waals surface area (Å²) in [5, 5.41) is 0. The molecule has 0 atom stereocenters. The molecule has 0 N–H and O–H groups in total. The minimum absolute atomic E-state index is 0.0851. The van der Waals surface area contributed by atoms with E-state index in [1.807, 2.05) is 0 Å². The van der Waals surface area contributed by atoms with Crippen LogP contribution in [0.3, 0.4) is 0 Å². The number of amides is 1. The summed E-state index contributed by atoms with van der Waals surface area (Å²) >= 11 is 0. The van der Waals surface area contributed by atoms with Crippen LogP contribution in [0.5, 0.6) is 5.75 Å². The Balaban J connectivity index is 1.63. The highest BCUT2D eigenvalue weighted by Gasteiger charge is 2.33. The summed E-state index contributed by atoms with van der Waals surface area (Å²) in [5.41, 5.74) is 0.412. The number of benzene rings is 2. The maximum absolute atomic E-state index is 12.7. The van der Waals surface area contributed by atoms with Gasteiger partial charge in [-0.15, -0.1) is 0 Å². The largest absolute Gasteiger partial charge is 0.484 e. The van der Waals surface area contributed by atoms with Crippen molar-refractivity contribution >= 4 is 11.7 Å². The zero-order valence-electron chi connectivity index (χ0n) is 15.3. The molecule has 148 valence electrons. The van der Waals surface area contributed by atoms with Crippen molar-refractivity contribution in [2.45, 2.75) is 38.5 Å². The molecule has 4 nitrogen and oxygen atoms in total. The first-order valence-corrected chi connectivity index (χ1v) is 8.93. The van der Waals surface area contributed by atoms with E-state index in [-0.39, 0.29) is 30.9 Å². The summed E-state index contributed by atoms with van der Waals surface area (Å²) in [7, 11) is 0. The molecule has 1 amide bonds.